The second kappa shape index (κ2) is 9.96. The van der Waals surface area contributed by atoms with Crippen molar-refractivity contribution >= 4 is 27.8 Å². The van der Waals surface area contributed by atoms with Crippen LogP contribution in [0.3, 0.4) is 0 Å². The van der Waals surface area contributed by atoms with Crippen LogP contribution in [-0.2, 0) is 20.2 Å². The topological polar surface area (TPSA) is 151 Å². The van der Waals surface area contributed by atoms with E-state index < -0.39 is 21.9 Å². The van der Waals surface area contributed by atoms with E-state index in [2.05, 4.69) is 42.0 Å². The van der Waals surface area contributed by atoms with Gasteiger partial charge in [0.2, 0.25) is 16.0 Å². The number of carbonyl (C=O) groups excluding carboxylic acids is 1. The Hall–Kier alpha value is -3.74. The highest BCUT2D eigenvalue weighted by molar-refractivity contribution is 7.92. The third-order valence-electron chi connectivity index (χ3n) is 6.07. The van der Waals surface area contributed by atoms with Crippen LogP contribution in [0, 0.1) is 12.7 Å². The molecule has 0 bridgehead atoms. The Morgan fingerprint density at radius 1 is 1.30 bits per heavy atom. The molecule has 1 aliphatic carbocycles. The van der Waals surface area contributed by atoms with Gasteiger partial charge in [0, 0.05) is 29.8 Å². The molecule has 1 aromatic carbocycles. The van der Waals surface area contributed by atoms with E-state index in [1.807, 2.05) is 0 Å². The minimum absolute atomic E-state index is 0.149. The van der Waals surface area contributed by atoms with E-state index in [9.17, 15) is 13.2 Å². The Balaban J connectivity index is 1.73. The fraction of sp³-hybridized carbons (Fsp3) is 0.417. The number of amides is 1. The van der Waals surface area contributed by atoms with Gasteiger partial charge >= 0.3 is 6.09 Å². The van der Waals surface area contributed by atoms with Crippen LogP contribution in [0.15, 0.2) is 24.4 Å². The lowest BCUT2D eigenvalue weighted by Crippen LogP contribution is -2.37. The van der Waals surface area contributed by atoms with Gasteiger partial charge in [0.15, 0.2) is 5.82 Å². The largest absolute Gasteiger partial charge is 0.453 e. The van der Waals surface area contributed by atoms with E-state index >= 15 is 4.39 Å². The van der Waals surface area contributed by atoms with Crippen molar-refractivity contribution in [1.29, 1.82) is 0 Å². The summed E-state index contributed by atoms with van der Waals surface area (Å²) >= 11 is 0. The zero-order valence-corrected chi connectivity index (χ0v) is 22.1. The number of ether oxygens (including phenoxy) is 1. The molecule has 4 N–H and O–H groups in total. The molecule has 4 rings (SSSR count). The van der Waals surface area contributed by atoms with Gasteiger partial charge < -0.3 is 20.4 Å². The first-order chi connectivity index (χ1) is 17.4. The van der Waals surface area contributed by atoms with Gasteiger partial charge in [-0.1, -0.05) is 6.92 Å². The normalized spacial score (nSPS) is 15.1. The quantitative estimate of drug-likeness (QED) is 0.327. The van der Waals surface area contributed by atoms with Gasteiger partial charge in [0.25, 0.3) is 0 Å². The number of alkyl carbamates (subject to hydrolysis) is 1. The van der Waals surface area contributed by atoms with Crippen LogP contribution in [0.4, 0.5) is 20.8 Å². The predicted molar refractivity (Wildman–Crippen MR) is 138 cm³/mol. The average molecular weight is 532 g/mol. The molecule has 37 heavy (non-hydrogen) atoms. The molecule has 13 heteroatoms. The number of halogens is 1. The third kappa shape index (κ3) is 6.16. The Morgan fingerprint density at radius 3 is 2.68 bits per heavy atom. The number of nitrogens with one attached hydrogen (secondary N) is 4. The smallest absolute Gasteiger partial charge is 0.407 e. The number of methoxy groups -OCH3 is 1. The molecule has 1 fully saturated rings. The molecule has 1 aliphatic rings. The van der Waals surface area contributed by atoms with E-state index in [4.69, 9.17) is 4.98 Å². The van der Waals surface area contributed by atoms with Crippen molar-refractivity contribution in [1.82, 2.24) is 25.3 Å². The number of hydrogen-bond donors (Lipinski definition) is 4. The summed E-state index contributed by atoms with van der Waals surface area (Å²) in [5, 5.41) is 5.72. The monoisotopic (exact) mass is 531 g/mol. The zero-order chi connectivity index (χ0) is 27.0. The van der Waals surface area contributed by atoms with E-state index in [-0.39, 0.29) is 22.7 Å². The summed E-state index contributed by atoms with van der Waals surface area (Å²) in [6, 6.07) is 4.49. The summed E-state index contributed by atoms with van der Waals surface area (Å²) in [4.78, 5) is 28.3. The number of hydrogen-bond acceptors (Lipinski definition) is 8. The van der Waals surface area contributed by atoms with E-state index in [1.165, 1.54) is 13.2 Å². The molecule has 2 aromatic heterocycles. The number of anilines is 2. The molecule has 2 heterocycles. The van der Waals surface area contributed by atoms with Crippen LogP contribution in [0.1, 0.15) is 38.1 Å². The number of aryl methyl sites for hydroxylation is 1. The minimum Gasteiger partial charge on any atom is -0.453 e. The van der Waals surface area contributed by atoms with Gasteiger partial charge in [0.1, 0.15) is 11.5 Å². The highest BCUT2D eigenvalue weighted by Gasteiger charge is 2.43. The second-order valence-electron chi connectivity index (χ2n) is 9.60. The summed E-state index contributed by atoms with van der Waals surface area (Å²) in [6.07, 6.45) is 3.88. The van der Waals surface area contributed by atoms with Crippen molar-refractivity contribution in [3.8, 4) is 22.6 Å². The summed E-state index contributed by atoms with van der Waals surface area (Å²) < 4.78 is 46.1. The van der Waals surface area contributed by atoms with Crippen LogP contribution in [0.2, 0.25) is 0 Å². The molecule has 3 aromatic rings. The number of imidazole rings is 1. The van der Waals surface area contributed by atoms with E-state index in [0.29, 0.717) is 41.0 Å². The number of aromatic nitrogens is 4. The molecular formula is C24H30FN7O4S. The summed E-state index contributed by atoms with van der Waals surface area (Å²) in [7, 11) is -2.41. The number of benzene rings is 1. The van der Waals surface area contributed by atoms with Crippen LogP contribution < -0.4 is 15.4 Å². The van der Waals surface area contributed by atoms with Crippen LogP contribution >= 0.6 is 0 Å². The number of H-pyrrole nitrogens is 1. The maximum atomic E-state index is 15.6. The fourth-order valence-corrected chi connectivity index (χ4v) is 4.37. The summed E-state index contributed by atoms with van der Waals surface area (Å²) in [5.41, 5.74) is 1.80. The predicted octanol–water partition coefficient (Wildman–Crippen LogP) is 3.56. The Labute approximate surface area is 214 Å². The number of rotatable bonds is 9. The Bertz CT molecular complexity index is 1440. The molecule has 0 aliphatic heterocycles. The number of aromatic amines is 1. The van der Waals surface area contributed by atoms with Crippen LogP contribution in [0.5, 0.6) is 0 Å². The van der Waals surface area contributed by atoms with Crippen molar-refractivity contribution in [2.75, 3.05) is 29.9 Å². The van der Waals surface area contributed by atoms with Crippen molar-refractivity contribution in [2.24, 2.45) is 0 Å². The fourth-order valence-electron chi connectivity index (χ4n) is 3.82. The summed E-state index contributed by atoms with van der Waals surface area (Å²) in [6.45, 7) is 5.96. The molecule has 0 spiro atoms. The standard InChI is InChI=1S/C24H30FN7O4S/c1-13-10-15(18(25)17(11-13)32-37(5,34)35)19-20(31-21(30-19)24(3)7-8-24)16-6-9-26-22(29-16)27-12-14(2)28-23(33)36-4/h6,9-11,14,32H,7-8,12H2,1-5H3,(H,28,33)(H,30,31)(H,26,27,29). The highest BCUT2D eigenvalue weighted by Crippen LogP contribution is 2.48. The minimum atomic E-state index is -3.70. The summed E-state index contributed by atoms with van der Waals surface area (Å²) in [5.74, 6) is 0.284. The first kappa shape index (κ1) is 26.3. The van der Waals surface area contributed by atoms with Crippen molar-refractivity contribution < 1.29 is 22.3 Å². The van der Waals surface area contributed by atoms with Gasteiger partial charge in [-0.05, 0) is 50.5 Å². The van der Waals surface area contributed by atoms with Gasteiger partial charge in [-0.2, -0.15) is 0 Å². The van der Waals surface area contributed by atoms with E-state index in [0.717, 1.165) is 19.1 Å². The van der Waals surface area contributed by atoms with Crippen LogP contribution in [-0.4, -0.2) is 60.4 Å². The molecule has 198 valence electrons. The average Bonchev–Trinajstić information content (AvgIpc) is 3.42. The molecule has 1 atom stereocenters. The third-order valence-corrected chi connectivity index (χ3v) is 6.66. The highest BCUT2D eigenvalue weighted by atomic mass is 32.2. The molecule has 0 saturated heterocycles. The second-order valence-corrected chi connectivity index (χ2v) is 11.3. The Morgan fingerprint density at radius 2 is 2.03 bits per heavy atom. The number of sulfonamides is 1. The molecule has 1 saturated carbocycles. The van der Waals surface area contributed by atoms with Gasteiger partial charge in [-0.3, -0.25) is 4.72 Å². The van der Waals surface area contributed by atoms with Crippen molar-refractivity contribution in [3.05, 3.63) is 41.6 Å². The van der Waals surface area contributed by atoms with Crippen LogP contribution in [0.25, 0.3) is 22.6 Å². The maximum Gasteiger partial charge on any atom is 0.407 e. The lowest BCUT2D eigenvalue weighted by Gasteiger charge is -2.14. The first-order valence-electron chi connectivity index (χ1n) is 11.7. The molecule has 0 radical (unpaired) electrons. The number of carbonyl (C=O) groups is 1. The van der Waals surface area contributed by atoms with E-state index in [1.54, 1.807) is 32.2 Å². The first-order valence-corrected chi connectivity index (χ1v) is 13.6. The molecule has 1 amide bonds. The lowest BCUT2D eigenvalue weighted by atomic mass is 10.0. The maximum absolute atomic E-state index is 15.6. The SMILES string of the molecule is COC(=O)NC(C)CNc1nccc(-c2[nH]c(C3(C)CC3)nc2-c2cc(C)cc(NS(C)(=O)=O)c2F)n1. The van der Waals surface area contributed by atoms with Crippen molar-refractivity contribution in [2.45, 2.75) is 45.1 Å². The van der Waals surface area contributed by atoms with Gasteiger partial charge in [0.05, 0.1) is 30.4 Å². The van der Waals surface area contributed by atoms with Gasteiger partial charge in [-0.15, -0.1) is 0 Å². The lowest BCUT2D eigenvalue weighted by molar-refractivity contribution is 0.168. The molecule has 11 nitrogen and oxygen atoms in total. The molecule has 1 unspecified atom stereocenters. The van der Waals surface area contributed by atoms with Crippen molar-refractivity contribution in [3.63, 3.8) is 0 Å². The zero-order valence-electron chi connectivity index (χ0n) is 21.3. The van der Waals surface area contributed by atoms with Gasteiger partial charge in [-0.25, -0.2) is 32.6 Å². The Kier molecular flexibility index (Phi) is 7.09. The molecular weight excluding hydrogens is 501 g/mol. The number of nitrogens with zero attached hydrogens (tertiary/aromatic N) is 3.